The summed E-state index contributed by atoms with van der Waals surface area (Å²) in [5.74, 6) is 0.323. The van der Waals surface area contributed by atoms with Crippen molar-refractivity contribution in [2.75, 3.05) is 5.32 Å². The Balaban J connectivity index is 1.87. The summed E-state index contributed by atoms with van der Waals surface area (Å²) < 4.78 is 5.75. The molecule has 8 nitrogen and oxygen atoms in total. The normalized spacial score (nSPS) is 10.4. The first-order valence-corrected chi connectivity index (χ1v) is 8.92. The zero-order valence-electron chi connectivity index (χ0n) is 15.3. The number of benzene rings is 3. The topological polar surface area (TPSA) is 108 Å². The molecule has 0 spiro atoms. The molecule has 1 N–H and O–H groups in total. The molecule has 29 heavy (non-hydrogen) atoms. The second kappa shape index (κ2) is 8.57. The predicted octanol–water partition coefficient (Wildman–Crippen LogP) is 5.87. The molecule has 0 radical (unpaired) electrons. The summed E-state index contributed by atoms with van der Waals surface area (Å²) in [6.45, 7) is 2.28. The van der Waals surface area contributed by atoms with E-state index in [4.69, 9.17) is 16.3 Å². The van der Waals surface area contributed by atoms with Crippen molar-refractivity contribution in [1.29, 1.82) is 0 Å². The van der Waals surface area contributed by atoms with E-state index < -0.39 is 15.5 Å². The van der Waals surface area contributed by atoms with Crippen LogP contribution in [0.25, 0.3) is 0 Å². The first-order valence-electron chi connectivity index (χ1n) is 8.54. The average molecular weight is 414 g/mol. The Kier molecular flexibility index (Phi) is 5.94. The van der Waals surface area contributed by atoms with Crippen LogP contribution in [0.4, 0.5) is 17.1 Å². The molecular weight excluding hydrogens is 398 g/mol. The Hall–Kier alpha value is -3.65. The molecule has 0 heterocycles. The monoisotopic (exact) mass is 413 g/mol. The zero-order chi connectivity index (χ0) is 21.0. The van der Waals surface area contributed by atoms with Crippen LogP contribution in [0.15, 0.2) is 60.7 Å². The molecule has 0 aliphatic carbocycles. The Morgan fingerprint density at radius 1 is 0.966 bits per heavy atom. The van der Waals surface area contributed by atoms with E-state index in [1.807, 2.05) is 31.2 Å². The highest BCUT2D eigenvalue weighted by Gasteiger charge is 2.21. The van der Waals surface area contributed by atoms with E-state index >= 15 is 0 Å². The molecular formula is C20H16ClN3O5. The zero-order valence-corrected chi connectivity index (χ0v) is 16.1. The van der Waals surface area contributed by atoms with Crippen molar-refractivity contribution in [3.63, 3.8) is 0 Å². The maximum Gasteiger partial charge on any atom is 0.318 e. The summed E-state index contributed by atoms with van der Waals surface area (Å²) in [6.07, 6.45) is 0. The van der Waals surface area contributed by atoms with Gasteiger partial charge in [-0.2, -0.15) is 0 Å². The lowest BCUT2D eigenvalue weighted by molar-refractivity contribution is -0.394. The lowest BCUT2D eigenvalue weighted by Gasteiger charge is -2.14. The van der Waals surface area contributed by atoms with Crippen LogP contribution in [-0.4, -0.2) is 9.85 Å². The number of hydrogen-bond acceptors (Lipinski definition) is 6. The lowest BCUT2D eigenvalue weighted by atomic mass is 10.1. The third kappa shape index (κ3) is 4.61. The second-order valence-corrected chi connectivity index (χ2v) is 6.55. The van der Waals surface area contributed by atoms with Gasteiger partial charge in [0.1, 0.15) is 5.75 Å². The van der Waals surface area contributed by atoms with E-state index in [9.17, 15) is 20.2 Å². The number of nitro benzene ring substituents is 2. The van der Waals surface area contributed by atoms with Gasteiger partial charge in [0.05, 0.1) is 15.9 Å². The fraction of sp³-hybridized carbons (Fsp3) is 0.100. The molecule has 9 heteroatoms. The molecule has 0 amide bonds. The Labute approximate surface area is 171 Å². The molecule has 0 aliphatic rings. The van der Waals surface area contributed by atoms with Crippen molar-refractivity contribution < 1.29 is 14.6 Å². The van der Waals surface area contributed by atoms with Crippen molar-refractivity contribution >= 4 is 28.7 Å². The molecule has 0 aromatic heterocycles. The van der Waals surface area contributed by atoms with Crippen molar-refractivity contribution in [2.24, 2.45) is 0 Å². The number of nitro groups is 2. The van der Waals surface area contributed by atoms with Crippen molar-refractivity contribution in [3.05, 3.63) is 97.0 Å². The van der Waals surface area contributed by atoms with Crippen molar-refractivity contribution in [3.8, 4) is 11.5 Å². The van der Waals surface area contributed by atoms with Gasteiger partial charge in [-0.1, -0.05) is 35.9 Å². The average Bonchev–Trinajstić information content (AvgIpc) is 2.70. The highest BCUT2D eigenvalue weighted by atomic mass is 35.5. The number of rotatable bonds is 7. The van der Waals surface area contributed by atoms with Gasteiger partial charge in [-0.15, -0.1) is 0 Å². The maximum absolute atomic E-state index is 11.3. The summed E-state index contributed by atoms with van der Waals surface area (Å²) in [5, 5.41) is 26.1. The van der Waals surface area contributed by atoms with Crippen LogP contribution in [0.2, 0.25) is 5.02 Å². The molecule has 3 rings (SSSR count). The highest BCUT2D eigenvalue weighted by molar-refractivity contribution is 6.31. The summed E-state index contributed by atoms with van der Waals surface area (Å²) in [4.78, 5) is 20.8. The number of hydrogen-bond donors (Lipinski definition) is 1. The number of ether oxygens (including phenoxy) is 1. The van der Waals surface area contributed by atoms with E-state index in [1.165, 1.54) is 12.1 Å². The minimum atomic E-state index is -0.710. The minimum absolute atomic E-state index is 0.0769. The summed E-state index contributed by atoms with van der Waals surface area (Å²) in [6, 6.07) is 15.8. The fourth-order valence-corrected chi connectivity index (χ4v) is 2.88. The van der Waals surface area contributed by atoms with Gasteiger partial charge in [-0.05, 0) is 36.8 Å². The molecule has 148 valence electrons. The van der Waals surface area contributed by atoms with Crippen LogP contribution in [0.3, 0.4) is 0 Å². The minimum Gasteiger partial charge on any atom is -0.450 e. The van der Waals surface area contributed by atoms with Crippen LogP contribution in [-0.2, 0) is 6.54 Å². The van der Waals surface area contributed by atoms with Gasteiger partial charge in [-0.25, -0.2) is 0 Å². The maximum atomic E-state index is 11.3. The standard InChI is InChI=1S/C20H16ClN3O5/c1-13-16(21)6-4-7-17(13)22-12-14-5-2-3-8-19(14)29-20-10-9-15(23(25)26)11-18(20)24(27)28/h2-11,22H,12H2,1H3. The van der Waals surface area contributed by atoms with Gasteiger partial charge in [0.15, 0.2) is 0 Å². The van der Waals surface area contributed by atoms with E-state index in [1.54, 1.807) is 18.2 Å². The van der Waals surface area contributed by atoms with Crippen LogP contribution >= 0.6 is 11.6 Å². The van der Waals surface area contributed by atoms with Crippen molar-refractivity contribution in [1.82, 2.24) is 0 Å². The third-order valence-corrected chi connectivity index (χ3v) is 4.69. The van der Waals surface area contributed by atoms with Gasteiger partial charge >= 0.3 is 5.69 Å². The van der Waals surface area contributed by atoms with Crippen LogP contribution in [0.1, 0.15) is 11.1 Å². The van der Waals surface area contributed by atoms with Gasteiger partial charge < -0.3 is 10.1 Å². The van der Waals surface area contributed by atoms with E-state index in [-0.39, 0.29) is 11.4 Å². The molecule has 0 atom stereocenters. The first-order chi connectivity index (χ1) is 13.9. The van der Waals surface area contributed by atoms with E-state index in [2.05, 4.69) is 5.32 Å². The van der Waals surface area contributed by atoms with E-state index in [0.717, 1.165) is 22.9 Å². The number of para-hydroxylation sites is 1. The van der Waals surface area contributed by atoms with Gasteiger partial charge in [0, 0.05) is 28.9 Å². The first kappa shape index (κ1) is 20.1. The highest BCUT2D eigenvalue weighted by Crippen LogP contribution is 2.36. The Morgan fingerprint density at radius 2 is 1.72 bits per heavy atom. The van der Waals surface area contributed by atoms with Crippen molar-refractivity contribution in [2.45, 2.75) is 13.5 Å². The third-order valence-electron chi connectivity index (χ3n) is 4.28. The van der Waals surface area contributed by atoms with Crippen LogP contribution in [0, 0.1) is 27.2 Å². The molecule has 3 aromatic carbocycles. The number of non-ortho nitro benzene ring substituents is 1. The molecule has 0 unspecified atom stereocenters. The lowest BCUT2D eigenvalue weighted by Crippen LogP contribution is -2.03. The molecule has 3 aromatic rings. The Morgan fingerprint density at radius 3 is 2.45 bits per heavy atom. The molecule has 0 bridgehead atoms. The SMILES string of the molecule is Cc1c(Cl)cccc1NCc1ccccc1Oc1ccc([N+](=O)[O-])cc1[N+](=O)[O-]. The number of nitrogens with zero attached hydrogens (tertiary/aromatic N) is 2. The largest absolute Gasteiger partial charge is 0.450 e. The molecule has 0 saturated carbocycles. The predicted molar refractivity (Wildman–Crippen MR) is 110 cm³/mol. The summed E-state index contributed by atoms with van der Waals surface area (Å²) in [7, 11) is 0. The smallest absolute Gasteiger partial charge is 0.318 e. The molecule has 0 fully saturated rings. The molecule has 0 aliphatic heterocycles. The van der Waals surface area contributed by atoms with Gasteiger partial charge in [-0.3, -0.25) is 20.2 Å². The number of anilines is 1. The molecule has 0 saturated heterocycles. The van der Waals surface area contributed by atoms with Crippen LogP contribution in [0.5, 0.6) is 11.5 Å². The summed E-state index contributed by atoms with van der Waals surface area (Å²) >= 11 is 6.14. The number of nitrogens with one attached hydrogen (secondary N) is 1. The number of halogens is 1. The quantitative estimate of drug-likeness (QED) is 0.383. The fourth-order valence-electron chi connectivity index (χ4n) is 2.71. The van der Waals surface area contributed by atoms with E-state index in [0.29, 0.717) is 17.3 Å². The second-order valence-electron chi connectivity index (χ2n) is 6.14. The summed E-state index contributed by atoms with van der Waals surface area (Å²) in [5.41, 5.74) is 1.65. The Bertz CT molecular complexity index is 1090. The van der Waals surface area contributed by atoms with Gasteiger partial charge in [0.25, 0.3) is 5.69 Å². The van der Waals surface area contributed by atoms with Gasteiger partial charge in [0.2, 0.25) is 5.75 Å². The van der Waals surface area contributed by atoms with Crippen LogP contribution < -0.4 is 10.1 Å².